The van der Waals surface area contributed by atoms with Crippen LogP contribution >= 0.6 is 11.3 Å². The number of nitrogens with zero attached hydrogens (tertiary/aromatic N) is 2. The van der Waals surface area contributed by atoms with Crippen molar-refractivity contribution in [3.05, 3.63) is 46.2 Å². The Morgan fingerprint density at radius 1 is 1.36 bits per heavy atom. The van der Waals surface area contributed by atoms with Crippen LogP contribution in [0.4, 0.5) is 15.8 Å². The Bertz CT molecular complexity index is 1230. The number of fused-ring (bicyclic) bond motifs is 2. The fraction of sp³-hybridized carbons (Fsp3) is 0.391. The molecule has 5 rings (SSSR count). The van der Waals surface area contributed by atoms with Crippen molar-refractivity contribution < 1.29 is 18.7 Å². The number of aryl methyl sites for hydroxylation is 1. The van der Waals surface area contributed by atoms with E-state index in [1.807, 2.05) is 24.0 Å². The summed E-state index contributed by atoms with van der Waals surface area (Å²) in [7, 11) is 1.61. The first kappa shape index (κ1) is 21.9. The second-order valence-corrected chi connectivity index (χ2v) is 9.59. The van der Waals surface area contributed by atoms with Crippen LogP contribution in [0.25, 0.3) is 10.2 Å². The number of hydrogen-bond acceptors (Lipinski definition) is 8. The number of hydrogen-bond donors (Lipinski definition) is 3. The summed E-state index contributed by atoms with van der Waals surface area (Å²) in [5.74, 6) is -0.00480. The molecule has 0 radical (unpaired) electrons. The Morgan fingerprint density at radius 2 is 2.18 bits per heavy atom. The number of aromatic nitrogens is 1. The average Bonchev–Trinajstić information content (AvgIpc) is 3.32. The van der Waals surface area contributed by atoms with Crippen LogP contribution in [0.15, 0.2) is 24.3 Å². The van der Waals surface area contributed by atoms with Gasteiger partial charge in [0.05, 0.1) is 29.6 Å². The molecule has 0 unspecified atom stereocenters. The zero-order valence-corrected chi connectivity index (χ0v) is 19.2. The molecule has 174 valence electrons. The van der Waals surface area contributed by atoms with Crippen molar-refractivity contribution in [3.63, 3.8) is 0 Å². The van der Waals surface area contributed by atoms with Crippen molar-refractivity contribution >= 4 is 38.8 Å². The van der Waals surface area contributed by atoms with E-state index in [0.717, 1.165) is 15.9 Å². The second-order valence-electron chi connectivity index (χ2n) is 8.59. The van der Waals surface area contributed by atoms with Gasteiger partial charge in [0.1, 0.15) is 27.9 Å². The maximum atomic E-state index is 15.0. The van der Waals surface area contributed by atoms with Crippen molar-refractivity contribution in [1.82, 2.24) is 10.3 Å². The van der Waals surface area contributed by atoms with Crippen LogP contribution in [-0.4, -0.2) is 55.9 Å². The van der Waals surface area contributed by atoms with Gasteiger partial charge in [0, 0.05) is 37.3 Å². The van der Waals surface area contributed by atoms with Crippen LogP contribution in [0.3, 0.4) is 0 Å². The van der Waals surface area contributed by atoms with Crippen LogP contribution in [0.1, 0.15) is 20.9 Å². The molecule has 1 saturated heterocycles. The summed E-state index contributed by atoms with van der Waals surface area (Å²) in [5.41, 5.74) is 14.7. The summed E-state index contributed by atoms with van der Waals surface area (Å²) in [6.45, 7) is 3.21. The molecule has 0 spiro atoms. The second kappa shape index (κ2) is 8.44. The number of carbonyl (C=O) groups is 1. The first-order valence-corrected chi connectivity index (χ1v) is 11.6. The quantitative estimate of drug-likeness (QED) is 0.534. The van der Waals surface area contributed by atoms with Crippen molar-refractivity contribution in [1.29, 1.82) is 0 Å². The molecule has 1 aromatic carbocycles. The molecule has 0 aliphatic carbocycles. The van der Waals surface area contributed by atoms with Gasteiger partial charge in [-0.2, -0.15) is 0 Å². The molecule has 3 aromatic rings. The number of rotatable bonds is 4. The van der Waals surface area contributed by atoms with Gasteiger partial charge in [-0.3, -0.25) is 4.79 Å². The van der Waals surface area contributed by atoms with Gasteiger partial charge in [0.15, 0.2) is 0 Å². The number of thiophene rings is 1. The zero-order chi connectivity index (χ0) is 23.3. The van der Waals surface area contributed by atoms with Gasteiger partial charge >= 0.3 is 0 Å². The number of halogens is 1. The summed E-state index contributed by atoms with van der Waals surface area (Å²) < 4.78 is 26.2. The van der Waals surface area contributed by atoms with E-state index in [0.29, 0.717) is 47.1 Å². The van der Waals surface area contributed by atoms with E-state index in [2.05, 4.69) is 10.3 Å². The first-order chi connectivity index (χ1) is 15.8. The molecule has 1 amide bonds. The highest BCUT2D eigenvalue weighted by Gasteiger charge is 2.33. The third-order valence-electron chi connectivity index (χ3n) is 6.26. The molecule has 3 atom stereocenters. The minimum atomic E-state index is -0.344. The average molecular weight is 472 g/mol. The minimum absolute atomic E-state index is 0.138. The van der Waals surface area contributed by atoms with Crippen molar-refractivity contribution in [2.24, 2.45) is 5.73 Å². The molecule has 2 aromatic heterocycles. The summed E-state index contributed by atoms with van der Waals surface area (Å²) in [5, 5.41) is 3.74. The Labute approximate surface area is 194 Å². The highest BCUT2D eigenvalue weighted by Crippen LogP contribution is 2.35. The molecule has 1 fully saturated rings. The predicted molar refractivity (Wildman–Crippen MR) is 127 cm³/mol. The Hall–Kier alpha value is -2.95. The van der Waals surface area contributed by atoms with Crippen LogP contribution in [0.2, 0.25) is 0 Å². The topological polar surface area (TPSA) is 116 Å². The number of benzene rings is 1. The smallest absolute Gasteiger partial charge is 0.263 e. The van der Waals surface area contributed by atoms with E-state index in [1.165, 1.54) is 17.4 Å². The molecule has 0 saturated carbocycles. The summed E-state index contributed by atoms with van der Waals surface area (Å²) in [6, 6.07) is 6.47. The molecule has 4 heterocycles. The number of amides is 1. The number of pyridine rings is 1. The minimum Gasteiger partial charge on any atom is -0.491 e. The third kappa shape index (κ3) is 3.98. The molecule has 8 nitrogen and oxygen atoms in total. The maximum absolute atomic E-state index is 15.0. The summed E-state index contributed by atoms with van der Waals surface area (Å²) in [4.78, 5) is 20.4. The number of nitrogens with one attached hydrogen (secondary N) is 1. The van der Waals surface area contributed by atoms with Crippen LogP contribution in [0.5, 0.6) is 5.75 Å². The zero-order valence-electron chi connectivity index (χ0n) is 18.4. The van der Waals surface area contributed by atoms with Crippen molar-refractivity contribution in [2.45, 2.75) is 31.5 Å². The van der Waals surface area contributed by atoms with Gasteiger partial charge in [0.25, 0.3) is 5.91 Å². The maximum Gasteiger partial charge on any atom is 0.263 e. The number of nitrogen functional groups attached to an aromatic ring is 1. The van der Waals surface area contributed by atoms with Crippen molar-refractivity contribution in [3.8, 4) is 5.75 Å². The van der Waals surface area contributed by atoms with Gasteiger partial charge < -0.3 is 31.2 Å². The van der Waals surface area contributed by atoms with E-state index in [1.54, 1.807) is 13.2 Å². The molecule has 2 aliphatic heterocycles. The molecular weight excluding hydrogens is 445 g/mol. The monoisotopic (exact) mass is 471 g/mol. The van der Waals surface area contributed by atoms with E-state index >= 15 is 0 Å². The highest BCUT2D eigenvalue weighted by molar-refractivity contribution is 7.21. The first-order valence-electron chi connectivity index (χ1n) is 10.8. The van der Waals surface area contributed by atoms with Gasteiger partial charge in [-0.1, -0.05) is 0 Å². The molecule has 5 N–H and O–H groups in total. The van der Waals surface area contributed by atoms with E-state index < -0.39 is 0 Å². The number of anilines is 2. The third-order valence-corrected chi connectivity index (χ3v) is 7.38. The SMILES string of the molecule is CO[C@@H]1CN(c2cc3c(cc2F)C[C@@H](NC(=O)c2sc4nc(C)ccc4c2N)CO3)C[C@H]1N. The van der Waals surface area contributed by atoms with E-state index in [-0.39, 0.29) is 36.5 Å². The number of methoxy groups -OCH3 is 1. The highest BCUT2D eigenvalue weighted by atomic mass is 32.1. The Balaban J connectivity index is 1.31. The molecule has 2 aliphatic rings. The van der Waals surface area contributed by atoms with Gasteiger partial charge in [-0.05, 0) is 37.1 Å². The predicted octanol–water partition coefficient (Wildman–Crippen LogP) is 2.22. The Morgan fingerprint density at radius 3 is 2.94 bits per heavy atom. The lowest BCUT2D eigenvalue weighted by Crippen LogP contribution is -2.42. The van der Waals surface area contributed by atoms with Crippen LogP contribution in [0, 0.1) is 12.7 Å². The van der Waals surface area contributed by atoms with Gasteiger partial charge in [0.2, 0.25) is 0 Å². The van der Waals surface area contributed by atoms with E-state index in [9.17, 15) is 9.18 Å². The lowest BCUT2D eigenvalue weighted by Gasteiger charge is -2.28. The molecular formula is C23H26FN5O3S. The number of carbonyl (C=O) groups excluding carboxylic acids is 1. The van der Waals surface area contributed by atoms with Gasteiger partial charge in [-0.25, -0.2) is 9.37 Å². The van der Waals surface area contributed by atoms with Crippen LogP contribution < -0.4 is 26.4 Å². The number of nitrogens with two attached hydrogens (primary N) is 2. The number of ether oxygens (including phenoxy) is 2. The van der Waals surface area contributed by atoms with Crippen molar-refractivity contribution in [2.75, 3.05) is 37.4 Å². The standard InChI is InChI=1S/C23H26FN5O3S/c1-11-3-4-14-20(26)21(33-23(14)27-11)22(30)28-13-5-12-6-15(24)17(7-18(12)32-10-13)29-8-16(25)19(9-29)31-2/h3-4,6-7,13,16,19H,5,8-10,25-26H2,1-2H3,(H,28,30)/t13-,16-,19-/m1/s1. The summed E-state index contributed by atoms with van der Waals surface area (Å²) in [6.07, 6.45) is 0.321. The molecule has 10 heteroatoms. The summed E-state index contributed by atoms with van der Waals surface area (Å²) >= 11 is 1.27. The Kier molecular flexibility index (Phi) is 5.59. The van der Waals surface area contributed by atoms with Crippen LogP contribution in [-0.2, 0) is 11.2 Å². The lowest BCUT2D eigenvalue weighted by molar-refractivity contribution is 0.0920. The van der Waals surface area contributed by atoms with Gasteiger partial charge in [-0.15, -0.1) is 11.3 Å². The molecule has 0 bridgehead atoms. The van der Waals surface area contributed by atoms with E-state index in [4.69, 9.17) is 20.9 Å². The fourth-order valence-corrected chi connectivity index (χ4v) is 5.52. The lowest BCUT2D eigenvalue weighted by atomic mass is 10.0. The fourth-order valence-electron chi connectivity index (χ4n) is 4.48. The molecule has 33 heavy (non-hydrogen) atoms. The largest absolute Gasteiger partial charge is 0.491 e. The normalized spacial score (nSPS) is 22.3.